The second kappa shape index (κ2) is 7.60. The monoisotopic (exact) mass is 421 g/mol. The van der Waals surface area contributed by atoms with Crippen molar-refractivity contribution in [2.75, 3.05) is 38.1 Å². The third-order valence-corrected chi connectivity index (χ3v) is 7.97. The zero-order valence-corrected chi connectivity index (χ0v) is 18.1. The Morgan fingerprint density at radius 3 is 2.40 bits per heavy atom. The van der Waals surface area contributed by atoms with Crippen molar-refractivity contribution in [1.82, 2.24) is 8.87 Å². The first-order valence-electron chi connectivity index (χ1n) is 10.6. The molecule has 0 bridgehead atoms. The Labute approximate surface area is 178 Å². The van der Waals surface area contributed by atoms with Crippen LogP contribution in [0.5, 0.6) is 0 Å². The molecule has 0 saturated carbocycles. The van der Waals surface area contributed by atoms with E-state index in [9.17, 15) is 8.42 Å². The van der Waals surface area contributed by atoms with Crippen molar-refractivity contribution in [2.24, 2.45) is 0 Å². The Balaban J connectivity index is 1.71. The van der Waals surface area contributed by atoms with E-state index in [1.54, 1.807) is 24.3 Å². The summed E-state index contributed by atoms with van der Waals surface area (Å²) < 4.78 is 28.6. The van der Waals surface area contributed by atoms with Crippen LogP contribution in [0.2, 0.25) is 0 Å². The summed E-state index contributed by atoms with van der Waals surface area (Å²) in [7, 11) is -1.56. The predicted molar refractivity (Wildman–Crippen MR) is 123 cm³/mol. The average Bonchev–Trinajstić information content (AvgIpc) is 3.43. The Bertz CT molecular complexity index is 1210. The van der Waals surface area contributed by atoms with Crippen LogP contribution >= 0.6 is 0 Å². The standard InChI is InChI=1S/C24H27N3O2S/c1-25-15-11-19(12-16-25)23-18-27(30(28,29)21-7-3-2-4-8-21)24-17-20(9-10-22(23)24)26-13-5-6-14-26/h2-4,7-11,17-18H,5-6,12-16H2,1H3. The topological polar surface area (TPSA) is 45.6 Å². The van der Waals surface area contributed by atoms with Gasteiger partial charge < -0.3 is 9.80 Å². The summed E-state index contributed by atoms with van der Waals surface area (Å²) in [4.78, 5) is 4.94. The maximum atomic E-state index is 13.6. The molecule has 1 aromatic heterocycles. The Morgan fingerprint density at radius 1 is 0.933 bits per heavy atom. The van der Waals surface area contributed by atoms with Gasteiger partial charge >= 0.3 is 0 Å². The molecule has 1 fully saturated rings. The van der Waals surface area contributed by atoms with Crippen molar-refractivity contribution in [3.63, 3.8) is 0 Å². The molecule has 3 heterocycles. The first-order valence-corrected chi connectivity index (χ1v) is 12.1. The molecule has 1 saturated heterocycles. The van der Waals surface area contributed by atoms with Gasteiger partial charge in [-0.15, -0.1) is 0 Å². The van der Waals surface area contributed by atoms with E-state index in [2.05, 4.69) is 41.1 Å². The Morgan fingerprint density at radius 2 is 1.70 bits per heavy atom. The zero-order chi connectivity index (χ0) is 20.7. The molecule has 0 atom stereocenters. The molecule has 0 amide bonds. The SMILES string of the molecule is CN1CC=C(c2cn(S(=O)(=O)c3ccccc3)c3cc(N4CCCC4)ccc23)CC1. The fraction of sp³-hybridized carbons (Fsp3) is 0.333. The smallest absolute Gasteiger partial charge is 0.268 e. The number of hydrogen-bond acceptors (Lipinski definition) is 4. The molecule has 2 aliphatic heterocycles. The molecule has 2 aromatic carbocycles. The largest absolute Gasteiger partial charge is 0.371 e. The molecule has 0 radical (unpaired) electrons. The van der Waals surface area contributed by atoms with Crippen LogP contribution in [0, 0.1) is 0 Å². The van der Waals surface area contributed by atoms with Crippen LogP contribution in [0.1, 0.15) is 24.8 Å². The highest BCUT2D eigenvalue weighted by Gasteiger charge is 2.24. The quantitative estimate of drug-likeness (QED) is 0.633. The third kappa shape index (κ3) is 3.34. The van der Waals surface area contributed by atoms with Crippen LogP contribution in [-0.2, 0) is 10.0 Å². The molecule has 2 aliphatic rings. The van der Waals surface area contributed by atoms with E-state index in [-0.39, 0.29) is 0 Å². The van der Waals surface area contributed by atoms with Crippen LogP contribution in [0.25, 0.3) is 16.5 Å². The van der Waals surface area contributed by atoms with Gasteiger partial charge in [-0.05, 0) is 56.1 Å². The van der Waals surface area contributed by atoms with Gasteiger partial charge in [-0.25, -0.2) is 12.4 Å². The van der Waals surface area contributed by atoms with E-state index >= 15 is 0 Å². The van der Waals surface area contributed by atoms with E-state index in [0.717, 1.165) is 54.8 Å². The minimum Gasteiger partial charge on any atom is -0.371 e. The van der Waals surface area contributed by atoms with Crippen molar-refractivity contribution >= 4 is 32.2 Å². The van der Waals surface area contributed by atoms with Crippen LogP contribution < -0.4 is 4.90 Å². The van der Waals surface area contributed by atoms with Crippen LogP contribution in [-0.4, -0.2) is 50.5 Å². The van der Waals surface area contributed by atoms with Gasteiger partial charge in [-0.1, -0.05) is 30.3 Å². The molecule has 6 heteroatoms. The molecule has 5 rings (SSSR count). The predicted octanol–water partition coefficient (Wildman–Crippen LogP) is 4.20. The molecule has 156 valence electrons. The molecular formula is C24H27N3O2S. The number of rotatable bonds is 4. The summed E-state index contributed by atoms with van der Waals surface area (Å²) in [5.74, 6) is 0. The summed E-state index contributed by atoms with van der Waals surface area (Å²) in [5, 5.41) is 1.01. The number of hydrogen-bond donors (Lipinski definition) is 0. The molecular weight excluding hydrogens is 394 g/mol. The second-order valence-electron chi connectivity index (χ2n) is 8.29. The van der Waals surface area contributed by atoms with Gasteiger partial charge in [0, 0.05) is 49.0 Å². The lowest BCUT2D eigenvalue weighted by atomic mass is 9.99. The van der Waals surface area contributed by atoms with E-state index in [1.165, 1.54) is 22.4 Å². The normalized spacial score (nSPS) is 18.2. The van der Waals surface area contributed by atoms with Gasteiger partial charge in [0.15, 0.2) is 0 Å². The molecule has 0 N–H and O–H groups in total. The molecule has 5 nitrogen and oxygen atoms in total. The maximum Gasteiger partial charge on any atom is 0.268 e. The first-order chi connectivity index (χ1) is 14.5. The molecule has 30 heavy (non-hydrogen) atoms. The van der Waals surface area contributed by atoms with E-state index in [4.69, 9.17) is 0 Å². The summed E-state index contributed by atoms with van der Waals surface area (Å²) in [6, 6.07) is 15.0. The van der Waals surface area contributed by atoms with E-state index in [1.807, 2.05) is 12.3 Å². The lowest BCUT2D eigenvalue weighted by molar-refractivity contribution is 0.370. The highest BCUT2D eigenvalue weighted by Crippen LogP contribution is 2.35. The van der Waals surface area contributed by atoms with Crippen molar-refractivity contribution in [3.05, 3.63) is 66.4 Å². The van der Waals surface area contributed by atoms with Crippen LogP contribution in [0.4, 0.5) is 5.69 Å². The van der Waals surface area contributed by atoms with Gasteiger partial charge in [0.1, 0.15) is 0 Å². The molecule has 3 aromatic rings. The summed E-state index contributed by atoms with van der Waals surface area (Å²) in [6.45, 7) is 3.93. The van der Waals surface area contributed by atoms with Gasteiger partial charge in [0.05, 0.1) is 10.4 Å². The zero-order valence-electron chi connectivity index (χ0n) is 17.3. The highest BCUT2D eigenvalue weighted by molar-refractivity contribution is 7.90. The number of aromatic nitrogens is 1. The van der Waals surface area contributed by atoms with Crippen molar-refractivity contribution in [3.8, 4) is 0 Å². The number of anilines is 1. The minimum absolute atomic E-state index is 0.317. The second-order valence-corrected chi connectivity index (χ2v) is 10.1. The number of benzene rings is 2. The average molecular weight is 422 g/mol. The van der Waals surface area contributed by atoms with Crippen LogP contribution in [0.15, 0.2) is 65.7 Å². The third-order valence-electron chi connectivity index (χ3n) is 6.28. The maximum absolute atomic E-state index is 13.6. The lowest BCUT2D eigenvalue weighted by Crippen LogP contribution is -2.23. The fourth-order valence-electron chi connectivity index (χ4n) is 4.53. The Hall–Kier alpha value is -2.57. The summed E-state index contributed by atoms with van der Waals surface area (Å²) in [5.41, 5.74) is 4.13. The van der Waals surface area contributed by atoms with Crippen molar-refractivity contribution < 1.29 is 8.42 Å². The van der Waals surface area contributed by atoms with Crippen molar-refractivity contribution in [2.45, 2.75) is 24.2 Å². The molecule has 0 unspecified atom stereocenters. The first kappa shape index (κ1) is 19.4. The molecule has 0 spiro atoms. The van der Waals surface area contributed by atoms with Gasteiger partial charge in [-0.2, -0.15) is 0 Å². The minimum atomic E-state index is -3.67. The summed E-state index contributed by atoms with van der Waals surface area (Å²) in [6.07, 6.45) is 7.36. The van der Waals surface area contributed by atoms with Gasteiger partial charge in [-0.3, -0.25) is 0 Å². The number of fused-ring (bicyclic) bond motifs is 1. The summed E-state index contributed by atoms with van der Waals surface area (Å²) >= 11 is 0. The van der Waals surface area contributed by atoms with E-state index < -0.39 is 10.0 Å². The number of nitrogens with zero attached hydrogens (tertiary/aromatic N) is 3. The lowest BCUT2D eigenvalue weighted by Gasteiger charge is -2.21. The van der Waals surface area contributed by atoms with E-state index in [0.29, 0.717) is 4.90 Å². The van der Waals surface area contributed by atoms with Crippen LogP contribution in [0.3, 0.4) is 0 Å². The van der Waals surface area contributed by atoms with Gasteiger partial charge in [0.25, 0.3) is 10.0 Å². The van der Waals surface area contributed by atoms with Gasteiger partial charge in [0.2, 0.25) is 0 Å². The van der Waals surface area contributed by atoms with Crippen molar-refractivity contribution in [1.29, 1.82) is 0 Å². The fourth-order valence-corrected chi connectivity index (χ4v) is 5.92. The highest BCUT2D eigenvalue weighted by atomic mass is 32.2. The molecule has 0 aliphatic carbocycles. The Kier molecular flexibility index (Phi) is 4.91. The number of likely N-dealkylation sites (N-methyl/N-ethyl adjacent to an activating group) is 1.